The maximum absolute atomic E-state index is 11.9. The summed E-state index contributed by atoms with van der Waals surface area (Å²) in [6.45, 7) is 6.09. The van der Waals surface area contributed by atoms with E-state index in [0.717, 1.165) is 51.2 Å². The fraction of sp³-hybridized carbons (Fsp3) is 0.588. The fourth-order valence-electron chi connectivity index (χ4n) is 2.59. The number of likely N-dealkylation sites (tertiary alicyclic amines) is 1. The molecular formula is C17H26N2O2. The van der Waals surface area contributed by atoms with Crippen molar-refractivity contribution in [2.45, 2.75) is 39.2 Å². The average molecular weight is 290 g/mol. The van der Waals surface area contributed by atoms with Gasteiger partial charge in [0.1, 0.15) is 5.75 Å². The molecule has 0 spiro atoms. The Bertz CT molecular complexity index is 431. The summed E-state index contributed by atoms with van der Waals surface area (Å²) in [5.74, 6) is 1.23. The van der Waals surface area contributed by atoms with Crippen LogP contribution < -0.4 is 10.1 Å². The van der Waals surface area contributed by atoms with Crippen LogP contribution in [0.1, 0.15) is 38.2 Å². The minimum Gasteiger partial charge on any atom is -0.494 e. The molecule has 2 rings (SSSR count). The molecule has 0 aromatic heterocycles. The minimum absolute atomic E-state index is 0.315. The Morgan fingerprint density at radius 3 is 2.76 bits per heavy atom. The highest BCUT2D eigenvalue weighted by Gasteiger charge is 2.15. The lowest BCUT2D eigenvalue weighted by Crippen LogP contribution is -2.36. The zero-order valence-electron chi connectivity index (χ0n) is 12.9. The normalized spacial score (nSPS) is 15.9. The van der Waals surface area contributed by atoms with Gasteiger partial charge in [0.15, 0.2) is 0 Å². The molecular weight excluding hydrogens is 264 g/mol. The van der Waals surface area contributed by atoms with E-state index in [1.165, 1.54) is 12.0 Å². The zero-order valence-corrected chi connectivity index (χ0v) is 12.9. The Labute approximate surface area is 127 Å². The van der Waals surface area contributed by atoms with Crippen molar-refractivity contribution in [1.29, 1.82) is 0 Å². The van der Waals surface area contributed by atoms with Crippen LogP contribution in [0.2, 0.25) is 0 Å². The third-order valence-electron chi connectivity index (χ3n) is 3.79. The van der Waals surface area contributed by atoms with Crippen molar-refractivity contribution in [3.8, 4) is 5.75 Å². The SMILES string of the molecule is CCOc1ccc(CNCCN2CCCCCC2=O)cc1. The van der Waals surface area contributed by atoms with E-state index in [0.29, 0.717) is 12.5 Å². The molecule has 116 valence electrons. The molecule has 1 aliphatic rings. The molecule has 1 saturated heterocycles. The summed E-state index contributed by atoms with van der Waals surface area (Å²) in [7, 11) is 0. The summed E-state index contributed by atoms with van der Waals surface area (Å²) < 4.78 is 5.42. The molecule has 4 heteroatoms. The quantitative estimate of drug-likeness (QED) is 0.785. The molecule has 0 atom stereocenters. The molecule has 0 bridgehead atoms. The lowest BCUT2D eigenvalue weighted by molar-refractivity contribution is -0.130. The second-order valence-corrected chi connectivity index (χ2v) is 5.45. The Kier molecular flexibility index (Phi) is 6.54. The van der Waals surface area contributed by atoms with E-state index in [1.54, 1.807) is 0 Å². The third kappa shape index (κ3) is 5.38. The van der Waals surface area contributed by atoms with Crippen LogP contribution in [0.15, 0.2) is 24.3 Å². The average Bonchev–Trinajstić information content (AvgIpc) is 2.70. The van der Waals surface area contributed by atoms with E-state index in [4.69, 9.17) is 4.74 Å². The van der Waals surface area contributed by atoms with Crippen LogP contribution in [-0.4, -0.2) is 37.0 Å². The number of carbonyl (C=O) groups is 1. The van der Waals surface area contributed by atoms with Crippen molar-refractivity contribution in [2.24, 2.45) is 0 Å². The molecule has 1 N–H and O–H groups in total. The Hall–Kier alpha value is -1.55. The standard InChI is InChI=1S/C17H26N2O2/c1-2-21-16-9-7-15(8-10-16)14-18-11-13-19-12-5-3-4-6-17(19)20/h7-10,18H,2-6,11-14H2,1H3. The smallest absolute Gasteiger partial charge is 0.222 e. The van der Waals surface area contributed by atoms with Gasteiger partial charge in [0.05, 0.1) is 6.61 Å². The highest BCUT2D eigenvalue weighted by Crippen LogP contribution is 2.12. The number of ether oxygens (including phenoxy) is 1. The first kappa shape index (κ1) is 15.8. The van der Waals surface area contributed by atoms with Gasteiger partial charge in [-0.2, -0.15) is 0 Å². The van der Waals surface area contributed by atoms with Gasteiger partial charge in [-0.15, -0.1) is 0 Å². The lowest BCUT2D eigenvalue weighted by Gasteiger charge is -2.20. The molecule has 1 aromatic carbocycles. The maximum Gasteiger partial charge on any atom is 0.222 e. The second-order valence-electron chi connectivity index (χ2n) is 5.45. The van der Waals surface area contributed by atoms with Crippen LogP contribution >= 0.6 is 0 Å². The predicted molar refractivity (Wildman–Crippen MR) is 84.4 cm³/mol. The van der Waals surface area contributed by atoms with Gasteiger partial charge >= 0.3 is 0 Å². The van der Waals surface area contributed by atoms with E-state index in [9.17, 15) is 4.79 Å². The fourth-order valence-corrected chi connectivity index (χ4v) is 2.59. The van der Waals surface area contributed by atoms with E-state index < -0.39 is 0 Å². The van der Waals surface area contributed by atoms with Gasteiger partial charge in [0, 0.05) is 32.6 Å². The Morgan fingerprint density at radius 2 is 2.00 bits per heavy atom. The van der Waals surface area contributed by atoms with Crippen molar-refractivity contribution >= 4 is 5.91 Å². The summed E-state index contributed by atoms with van der Waals surface area (Å²) >= 11 is 0. The first-order chi connectivity index (χ1) is 10.3. The Balaban J connectivity index is 1.67. The third-order valence-corrected chi connectivity index (χ3v) is 3.79. The van der Waals surface area contributed by atoms with Crippen molar-refractivity contribution in [3.05, 3.63) is 29.8 Å². The van der Waals surface area contributed by atoms with Crippen LogP contribution in [0.3, 0.4) is 0 Å². The molecule has 1 aromatic rings. The van der Waals surface area contributed by atoms with Gasteiger partial charge in [-0.05, 0) is 37.5 Å². The molecule has 0 radical (unpaired) electrons. The van der Waals surface area contributed by atoms with Crippen LogP contribution in [0.25, 0.3) is 0 Å². The molecule has 21 heavy (non-hydrogen) atoms. The van der Waals surface area contributed by atoms with Crippen molar-refractivity contribution < 1.29 is 9.53 Å². The van der Waals surface area contributed by atoms with E-state index in [-0.39, 0.29) is 0 Å². The highest BCUT2D eigenvalue weighted by molar-refractivity contribution is 5.76. The van der Waals surface area contributed by atoms with E-state index in [2.05, 4.69) is 17.4 Å². The summed E-state index contributed by atoms with van der Waals surface area (Å²) in [5, 5.41) is 3.41. The lowest BCUT2D eigenvalue weighted by atomic mass is 10.2. The van der Waals surface area contributed by atoms with Crippen LogP contribution in [0.4, 0.5) is 0 Å². The molecule has 0 unspecified atom stereocenters. The molecule has 1 aliphatic heterocycles. The van der Waals surface area contributed by atoms with Gasteiger partial charge in [0.2, 0.25) is 5.91 Å². The summed E-state index contributed by atoms with van der Waals surface area (Å²) in [4.78, 5) is 13.9. The highest BCUT2D eigenvalue weighted by atomic mass is 16.5. The monoisotopic (exact) mass is 290 g/mol. The number of rotatable bonds is 7. The number of hydrogen-bond acceptors (Lipinski definition) is 3. The maximum atomic E-state index is 11.9. The van der Waals surface area contributed by atoms with Crippen LogP contribution in [0, 0.1) is 0 Å². The predicted octanol–water partition coefficient (Wildman–Crippen LogP) is 2.58. The first-order valence-electron chi connectivity index (χ1n) is 8.00. The van der Waals surface area contributed by atoms with Crippen LogP contribution in [-0.2, 0) is 11.3 Å². The van der Waals surface area contributed by atoms with E-state index >= 15 is 0 Å². The zero-order chi connectivity index (χ0) is 14.9. The van der Waals surface area contributed by atoms with Gasteiger partial charge < -0.3 is 15.0 Å². The van der Waals surface area contributed by atoms with Crippen molar-refractivity contribution in [1.82, 2.24) is 10.2 Å². The molecule has 1 heterocycles. The molecule has 0 aliphatic carbocycles. The number of benzene rings is 1. The van der Waals surface area contributed by atoms with Gasteiger partial charge in [-0.1, -0.05) is 18.6 Å². The topological polar surface area (TPSA) is 41.6 Å². The van der Waals surface area contributed by atoms with Crippen molar-refractivity contribution in [3.63, 3.8) is 0 Å². The second kappa shape index (κ2) is 8.67. The number of nitrogens with one attached hydrogen (secondary N) is 1. The first-order valence-corrected chi connectivity index (χ1v) is 8.00. The summed E-state index contributed by atoms with van der Waals surface area (Å²) in [5.41, 5.74) is 1.24. The van der Waals surface area contributed by atoms with Gasteiger partial charge in [-0.3, -0.25) is 4.79 Å². The largest absolute Gasteiger partial charge is 0.494 e. The number of hydrogen-bond donors (Lipinski definition) is 1. The summed E-state index contributed by atoms with van der Waals surface area (Å²) in [6, 6.07) is 8.15. The number of amides is 1. The Morgan fingerprint density at radius 1 is 1.19 bits per heavy atom. The number of carbonyl (C=O) groups excluding carboxylic acids is 1. The van der Waals surface area contributed by atoms with Gasteiger partial charge in [-0.25, -0.2) is 0 Å². The van der Waals surface area contributed by atoms with Gasteiger partial charge in [0.25, 0.3) is 0 Å². The number of nitrogens with zero attached hydrogens (tertiary/aromatic N) is 1. The minimum atomic E-state index is 0.315. The molecule has 1 fully saturated rings. The molecule has 0 saturated carbocycles. The van der Waals surface area contributed by atoms with E-state index in [1.807, 2.05) is 24.0 Å². The van der Waals surface area contributed by atoms with Crippen molar-refractivity contribution in [2.75, 3.05) is 26.2 Å². The van der Waals surface area contributed by atoms with Crippen LogP contribution in [0.5, 0.6) is 5.75 Å². The molecule has 1 amide bonds. The molecule has 4 nitrogen and oxygen atoms in total. The summed E-state index contributed by atoms with van der Waals surface area (Å²) in [6.07, 6.45) is 4.10.